The number of phenolic OH excluding ortho intramolecular Hbond substituents is 1. The molecule has 0 saturated heterocycles. The molecule has 0 bridgehead atoms. The minimum absolute atomic E-state index is 0.149. The van der Waals surface area contributed by atoms with Gasteiger partial charge in [-0.3, -0.25) is 0 Å². The third-order valence-corrected chi connectivity index (χ3v) is 4.11. The topological polar surface area (TPSA) is 70.6 Å². The average molecular weight is 304 g/mol. The van der Waals surface area contributed by atoms with E-state index in [1.807, 2.05) is 32.9 Å². The van der Waals surface area contributed by atoms with Crippen molar-refractivity contribution in [3.05, 3.63) is 29.3 Å². The Hall–Kier alpha value is -1.75. The summed E-state index contributed by atoms with van der Waals surface area (Å²) < 4.78 is 5.27. The van der Waals surface area contributed by atoms with Gasteiger partial charge in [-0.05, 0) is 63.3 Å². The van der Waals surface area contributed by atoms with Gasteiger partial charge in [-0.2, -0.15) is 0 Å². The lowest BCUT2D eigenvalue weighted by molar-refractivity contribution is 0.0522. The molecule has 5 nitrogen and oxygen atoms in total. The Kier molecular flexibility index (Phi) is 3.77. The minimum atomic E-state index is -0.464. The molecule has 0 spiro atoms. The number of phenols is 1. The van der Waals surface area contributed by atoms with Gasteiger partial charge in [0.1, 0.15) is 11.4 Å². The maximum absolute atomic E-state index is 11.7. The molecule has 3 atom stereocenters. The van der Waals surface area contributed by atoms with Gasteiger partial charge >= 0.3 is 6.09 Å². The van der Waals surface area contributed by atoms with Gasteiger partial charge in [-0.15, -0.1) is 0 Å². The second kappa shape index (κ2) is 5.47. The lowest BCUT2D eigenvalue weighted by atomic mass is 10.1. The van der Waals surface area contributed by atoms with Crippen LogP contribution in [-0.2, 0) is 11.2 Å². The number of benzene rings is 1. The molecule has 0 heterocycles. The van der Waals surface area contributed by atoms with E-state index >= 15 is 0 Å². The number of aryl methyl sites for hydroxylation is 1. The van der Waals surface area contributed by atoms with Crippen molar-refractivity contribution in [1.29, 1.82) is 0 Å². The smallest absolute Gasteiger partial charge is 0.407 e. The van der Waals surface area contributed by atoms with E-state index in [0.29, 0.717) is 17.8 Å². The van der Waals surface area contributed by atoms with E-state index in [1.54, 1.807) is 6.07 Å². The van der Waals surface area contributed by atoms with Gasteiger partial charge in [0, 0.05) is 18.1 Å². The third kappa shape index (κ3) is 3.53. The van der Waals surface area contributed by atoms with E-state index in [2.05, 4.69) is 10.6 Å². The molecule has 3 unspecified atom stereocenters. The van der Waals surface area contributed by atoms with Gasteiger partial charge in [0.2, 0.25) is 0 Å². The molecule has 5 heteroatoms. The quantitative estimate of drug-likeness (QED) is 0.803. The molecule has 3 N–H and O–H groups in total. The van der Waals surface area contributed by atoms with Crippen LogP contribution in [-0.4, -0.2) is 28.9 Å². The van der Waals surface area contributed by atoms with Gasteiger partial charge < -0.3 is 20.5 Å². The summed E-state index contributed by atoms with van der Waals surface area (Å²) in [6.45, 7) is 5.58. The van der Waals surface area contributed by atoms with Crippen LogP contribution in [0.4, 0.5) is 4.79 Å². The number of nitrogens with one attached hydrogen (secondary N) is 2. The van der Waals surface area contributed by atoms with Crippen LogP contribution in [0.5, 0.6) is 5.75 Å². The molecular weight excluding hydrogens is 280 g/mol. The number of carbonyl (C=O) groups excluding carboxylic acids is 1. The predicted octanol–water partition coefficient (Wildman–Crippen LogP) is 2.63. The number of amides is 1. The maximum Gasteiger partial charge on any atom is 0.407 e. The number of rotatable bonds is 3. The van der Waals surface area contributed by atoms with Crippen molar-refractivity contribution in [2.75, 3.05) is 0 Å². The molecule has 0 aliphatic heterocycles. The Morgan fingerprint density at radius 1 is 1.32 bits per heavy atom. The number of aromatic hydroxyl groups is 1. The first-order valence-corrected chi connectivity index (χ1v) is 7.89. The SMILES string of the molecule is CC(C)(C)OC(=O)NC1CC1NC1CCc2cc(O)ccc21. The molecule has 3 rings (SSSR count). The zero-order chi connectivity index (χ0) is 15.9. The van der Waals surface area contributed by atoms with E-state index in [4.69, 9.17) is 4.74 Å². The van der Waals surface area contributed by atoms with Crippen molar-refractivity contribution < 1.29 is 14.6 Å². The Morgan fingerprint density at radius 3 is 2.82 bits per heavy atom. The van der Waals surface area contributed by atoms with E-state index in [9.17, 15) is 9.90 Å². The van der Waals surface area contributed by atoms with Crippen LogP contribution in [0.1, 0.15) is 50.8 Å². The van der Waals surface area contributed by atoms with Gasteiger partial charge in [-0.25, -0.2) is 4.79 Å². The summed E-state index contributed by atoms with van der Waals surface area (Å²) in [4.78, 5) is 11.7. The summed E-state index contributed by atoms with van der Waals surface area (Å²) in [5, 5.41) is 16.0. The average Bonchev–Trinajstić information content (AvgIpc) is 2.96. The molecule has 1 amide bonds. The minimum Gasteiger partial charge on any atom is -0.508 e. The van der Waals surface area contributed by atoms with Crippen molar-refractivity contribution in [2.24, 2.45) is 0 Å². The first-order chi connectivity index (χ1) is 10.3. The van der Waals surface area contributed by atoms with E-state index in [0.717, 1.165) is 19.3 Å². The fraction of sp³-hybridized carbons (Fsp3) is 0.588. The number of hydrogen-bond donors (Lipinski definition) is 3. The summed E-state index contributed by atoms with van der Waals surface area (Å²) in [5.41, 5.74) is 2.02. The lowest BCUT2D eigenvalue weighted by Gasteiger charge is -2.20. The molecule has 1 aromatic carbocycles. The van der Waals surface area contributed by atoms with Crippen LogP contribution < -0.4 is 10.6 Å². The third-order valence-electron chi connectivity index (χ3n) is 4.11. The maximum atomic E-state index is 11.7. The van der Waals surface area contributed by atoms with Crippen LogP contribution >= 0.6 is 0 Å². The van der Waals surface area contributed by atoms with Crippen molar-refractivity contribution in [3.8, 4) is 5.75 Å². The number of fused-ring (bicyclic) bond motifs is 1. The predicted molar refractivity (Wildman–Crippen MR) is 83.9 cm³/mol. The zero-order valence-corrected chi connectivity index (χ0v) is 13.3. The Balaban J connectivity index is 1.50. The van der Waals surface area contributed by atoms with Crippen LogP contribution in [0.2, 0.25) is 0 Å². The molecule has 120 valence electrons. The molecule has 0 aromatic heterocycles. The monoisotopic (exact) mass is 304 g/mol. The van der Waals surface area contributed by atoms with Crippen molar-refractivity contribution >= 4 is 6.09 Å². The first-order valence-electron chi connectivity index (χ1n) is 7.89. The summed E-state index contributed by atoms with van der Waals surface area (Å²) in [7, 11) is 0. The Morgan fingerprint density at radius 2 is 2.09 bits per heavy atom. The number of carbonyl (C=O) groups is 1. The molecular formula is C17H24N2O3. The summed E-state index contributed by atoms with van der Waals surface area (Å²) in [5.74, 6) is 0.329. The van der Waals surface area contributed by atoms with Crippen molar-refractivity contribution in [1.82, 2.24) is 10.6 Å². The van der Waals surface area contributed by atoms with Crippen LogP contribution in [0, 0.1) is 0 Å². The van der Waals surface area contributed by atoms with Crippen LogP contribution in [0.3, 0.4) is 0 Å². The number of ether oxygens (including phenoxy) is 1. The highest BCUT2D eigenvalue weighted by Crippen LogP contribution is 2.36. The second-order valence-electron chi connectivity index (χ2n) is 7.24. The largest absolute Gasteiger partial charge is 0.508 e. The van der Waals surface area contributed by atoms with E-state index in [1.165, 1.54) is 11.1 Å². The Labute approximate surface area is 131 Å². The fourth-order valence-electron chi connectivity index (χ4n) is 3.03. The summed E-state index contributed by atoms with van der Waals surface area (Å²) in [6.07, 6.45) is 2.61. The van der Waals surface area contributed by atoms with Crippen molar-refractivity contribution in [2.45, 2.75) is 63.8 Å². The van der Waals surface area contributed by atoms with E-state index < -0.39 is 5.60 Å². The number of alkyl carbamates (subject to hydrolysis) is 1. The molecule has 2 aliphatic carbocycles. The highest BCUT2D eigenvalue weighted by Gasteiger charge is 2.41. The van der Waals surface area contributed by atoms with Gasteiger partial charge in [0.25, 0.3) is 0 Å². The highest BCUT2D eigenvalue weighted by atomic mass is 16.6. The standard InChI is InChI=1S/C17H24N2O3/c1-17(2,3)22-16(21)19-15-9-14(15)18-13-7-4-10-8-11(20)5-6-12(10)13/h5-6,8,13-15,18,20H,4,7,9H2,1-3H3,(H,19,21). The van der Waals surface area contributed by atoms with Crippen LogP contribution in [0.15, 0.2) is 18.2 Å². The fourth-order valence-corrected chi connectivity index (χ4v) is 3.03. The molecule has 0 radical (unpaired) electrons. The molecule has 1 fully saturated rings. The zero-order valence-electron chi connectivity index (χ0n) is 13.3. The highest BCUT2D eigenvalue weighted by molar-refractivity contribution is 5.68. The lowest BCUT2D eigenvalue weighted by Crippen LogP contribution is -2.37. The number of hydrogen-bond acceptors (Lipinski definition) is 4. The molecule has 1 aromatic rings. The van der Waals surface area contributed by atoms with Gasteiger partial charge in [0.15, 0.2) is 0 Å². The normalized spacial score (nSPS) is 26.4. The van der Waals surface area contributed by atoms with Crippen molar-refractivity contribution in [3.63, 3.8) is 0 Å². The summed E-state index contributed by atoms with van der Waals surface area (Å²) in [6, 6.07) is 6.34. The summed E-state index contributed by atoms with van der Waals surface area (Å²) >= 11 is 0. The Bertz CT molecular complexity index is 580. The second-order valence-corrected chi connectivity index (χ2v) is 7.24. The van der Waals surface area contributed by atoms with E-state index in [-0.39, 0.29) is 12.1 Å². The molecule has 1 saturated carbocycles. The molecule has 22 heavy (non-hydrogen) atoms. The first kappa shape index (κ1) is 15.2. The molecule has 2 aliphatic rings. The van der Waals surface area contributed by atoms with Crippen LogP contribution in [0.25, 0.3) is 0 Å². The van der Waals surface area contributed by atoms with Gasteiger partial charge in [-0.1, -0.05) is 6.07 Å². The van der Waals surface area contributed by atoms with Gasteiger partial charge in [0.05, 0.1) is 0 Å².